The van der Waals surface area contributed by atoms with E-state index in [1.165, 1.54) is 6.26 Å². The summed E-state index contributed by atoms with van der Waals surface area (Å²) in [6.07, 6.45) is 6.34. The van der Waals surface area contributed by atoms with Crippen molar-refractivity contribution < 1.29 is 17.8 Å². The largest absolute Gasteiger partial charge is 0.473 e. The molecule has 15 heavy (non-hydrogen) atoms. The van der Waals surface area contributed by atoms with Gasteiger partial charge < -0.3 is 13.0 Å². The van der Waals surface area contributed by atoms with Crippen molar-refractivity contribution in [1.82, 2.24) is 0 Å². The van der Waals surface area contributed by atoms with Crippen LogP contribution in [0.3, 0.4) is 0 Å². The van der Waals surface area contributed by atoms with E-state index in [1.54, 1.807) is 30.9 Å². The monoisotopic (exact) mass is 226 g/mol. The predicted octanol–water partition coefficient (Wildman–Crippen LogP) is 2.99. The molecule has 0 saturated heterocycles. The van der Waals surface area contributed by atoms with Crippen molar-refractivity contribution in [2.45, 2.75) is 0 Å². The van der Waals surface area contributed by atoms with Gasteiger partial charge in [-0.05, 0) is 24.3 Å². The van der Waals surface area contributed by atoms with Gasteiger partial charge in [0.2, 0.25) is 5.76 Å². The van der Waals surface area contributed by atoms with Crippen LogP contribution in [0, 0.1) is 0 Å². The minimum Gasteiger partial charge on any atom is -0.473 e. The minimum atomic E-state index is -0.447. The summed E-state index contributed by atoms with van der Waals surface area (Å²) in [4.78, 5) is 10.8. The van der Waals surface area contributed by atoms with Crippen LogP contribution in [0.4, 0.5) is 0 Å². The molecule has 0 aliphatic rings. The lowest BCUT2D eigenvalue weighted by atomic mass is 10.5. The van der Waals surface area contributed by atoms with Gasteiger partial charge in [0.15, 0.2) is 0 Å². The minimum absolute atomic E-state index is 0.231. The molecule has 0 radical (unpaired) electrons. The molecule has 0 fully saturated rings. The van der Waals surface area contributed by atoms with Crippen LogP contribution >= 0.6 is 12.0 Å². The smallest absolute Gasteiger partial charge is 0.386 e. The first-order chi connectivity index (χ1) is 7.34. The third kappa shape index (κ3) is 4.42. The molecule has 0 aromatic carbocycles. The summed E-state index contributed by atoms with van der Waals surface area (Å²) in [7, 11) is 0. The molecule has 80 valence electrons. The zero-order valence-corrected chi connectivity index (χ0v) is 8.90. The van der Waals surface area contributed by atoms with Crippen molar-refractivity contribution in [3.63, 3.8) is 0 Å². The number of carbonyl (C=O) groups is 1. The molecule has 2 heterocycles. The highest BCUT2D eigenvalue weighted by atomic mass is 32.2. The Bertz CT molecular complexity index is 335. The van der Waals surface area contributed by atoms with Crippen LogP contribution in [-0.2, 0) is 4.18 Å². The number of furan rings is 2. The summed E-state index contributed by atoms with van der Waals surface area (Å²) >= 11 is 0.998. The molecule has 0 saturated carbocycles. The molecule has 2 aromatic rings. The van der Waals surface area contributed by atoms with Crippen molar-refractivity contribution in [3.8, 4) is 0 Å². The third-order valence-electron chi connectivity index (χ3n) is 1.31. The molecule has 0 aliphatic heterocycles. The van der Waals surface area contributed by atoms with E-state index in [0.717, 1.165) is 12.0 Å². The highest BCUT2D eigenvalue weighted by Gasteiger charge is 2.08. The van der Waals surface area contributed by atoms with Crippen LogP contribution in [0.5, 0.6) is 0 Å². The van der Waals surface area contributed by atoms with Gasteiger partial charge in [-0.1, -0.05) is 0 Å². The van der Waals surface area contributed by atoms with Gasteiger partial charge in [0.25, 0.3) is 0 Å². The van der Waals surface area contributed by atoms with E-state index in [2.05, 4.69) is 8.60 Å². The molecule has 0 spiro atoms. The summed E-state index contributed by atoms with van der Waals surface area (Å²) in [6, 6.07) is 6.86. The molecule has 2 rings (SSSR count). The van der Waals surface area contributed by atoms with Crippen molar-refractivity contribution in [1.29, 1.82) is 0 Å². The first kappa shape index (κ1) is 11.5. The number of hydrogen-bond acceptors (Lipinski definition) is 5. The van der Waals surface area contributed by atoms with Gasteiger partial charge in [0, 0.05) is 6.26 Å². The molecular weight excluding hydrogens is 216 g/mol. The van der Waals surface area contributed by atoms with E-state index < -0.39 is 5.97 Å². The fraction of sp³-hybridized carbons (Fsp3) is 0.100. The normalized spacial score (nSPS) is 8.87. The first-order valence-electron chi connectivity index (χ1n) is 4.10. The van der Waals surface area contributed by atoms with Crippen LogP contribution in [0.1, 0.15) is 10.6 Å². The lowest BCUT2D eigenvalue weighted by Crippen LogP contribution is -1.96. The van der Waals surface area contributed by atoms with Crippen molar-refractivity contribution in [2.75, 3.05) is 6.26 Å². The van der Waals surface area contributed by atoms with Crippen LogP contribution in [0.15, 0.2) is 51.9 Å². The van der Waals surface area contributed by atoms with Gasteiger partial charge in [0.1, 0.15) is 0 Å². The van der Waals surface area contributed by atoms with Crippen LogP contribution in [-0.4, -0.2) is 12.2 Å². The average Bonchev–Trinajstić information content (AvgIpc) is 2.95. The molecule has 0 unspecified atom stereocenters. The maximum Gasteiger partial charge on any atom is 0.386 e. The zero-order chi connectivity index (χ0) is 10.9. The molecular formula is C10H10O4S. The van der Waals surface area contributed by atoms with E-state index in [4.69, 9.17) is 4.42 Å². The first-order valence-corrected chi connectivity index (χ1v) is 5.25. The Labute approximate surface area is 91.4 Å². The Hall–Kier alpha value is -1.62. The number of hydrogen-bond donors (Lipinski definition) is 0. The number of rotatable bonds is 2. The molecule has 0 amide bonds. The van der Waals surface area contributed by atoms with Crippen molar-refractivity contribution in [3.05, 3.63) is 48.8 Å². The zero-order valence-electron chi connectivity index (χ0n) is 8.08. The second-order valence-corrected chi connectivity index (χ2v) is 2.81. The lowest BCUT2D eigenvalue weighted by Gasteiger charge is -1.92. The lowest BCUT2D eigenvalue weighted by molar-refractivity contribution is 0.0736. The summed E-state index contributed by atoms with van der Waals surface area (Å²) < 4.78 is 13.9. The van der Waals surface area contributed by atoms with E-state index in [-0.39, 0.29) is 5.76 Å². The Kier molecular flexibility index (Phi) is 5.18. The maximum atomic E-state index is 10.8. The number of carbonyl (C=O) groups excluding carboxylic acids is 1. The molecule has 2 aromatic heterocycles. The SMILES string of the molecule is CSOC(=O)c1ccco1.c1ccoc1. The topological polar surface area (TPSA) is 52.6 Å². The summed E-state index contributed by atoms with van der Waals surface area (Å²) in [6.45, 7) is 0. The van der Waals surface area contributed by atoms with E-state index in [1.807, 2.05) is 12.1 Å². The van der Waals surface area contributed by atoms with Crippen LogP contribution in [0.2, 0.25) is 0 Å². The maximum absolute atomic E-state index is 10.8. The average molecular weight is 226 g/mol. The summed E-state index contributed by atoms with van der Waals surface area (Å²) in [5.41, 5.74) is 0. The van der Waals surface area contributed by atoms with Gasteiger partial charge in [-0.2, -0.15) is 0 Å². The predicted molar refractivity (Wildman–Crippen MR) is 56.3 cm³/mol. The van der Waals surface area contributed by atoms with Gasteiger partial charge in [0.05, 0.1) is 30.8 Å². The van der Waals surface area contributed by atoms with Gasteiger partial charge in [-0.25, -0.2) is 4.79 Å². The van der Waals surface area contributed by atoms with E-state index in [9.17, 15) is 4.79 Å². The molecule has 0 aliphatic carbocycles. The fourth-order valence-corrected chi connectivity index (χ4v) is 0.972. The molecule has 4 nitrogen and oxygen atoms in total. The highest BCUT2D eigenvalue weighted by Crippen LogP contribution is 2.06. The standard InChI is InChI=1S/C6H6O3S.C4H4O/c1-10-9-6(7)5-3-2-4-8-5;1-2-4-5-3-1/h2-4H,1H3;1-4H. The Balaban J connectivity index is 0.000000187. The Morgan fingerprint density at radius 2 is 2.00 bits per heavy atom. The van der Waals surface area contributed by atoms with Crippen molar-refractivity contribution in [2.24, 2.45) is 0 Å². The molecule has 0 N–H and O–H groups in total. The summed E-state index contributed by atoms with van der Waals surface area (Å²) in [5, 5.41) is 0. The summed E-state index contributed by atoms with van der Waals surface area (Å²) in [5.74, 6) is -0.216. The van der Waals surface area contributed by atoms with Crippen LogP contribution < -0.4 is 0 Å². The second-order valence-electron chi connectivity index (χ2n) is 2.31. The van der Waals surface area contributed by atoms with Gasteiger partial charge in [-0.15, -0.1) is 0 Å². The fourth-order valence-electron chi connectivity index (χ4n) is 0.738. The van der Waals surface area contributed by atoms with Crippen molar-refractivity contribution >= 4 is 18.0 Å². The quantitative estimate of drug-likeness (QED) is 0.737. The third-order valence-corrected chi connectivity index (χ3v) is 1.62. The molecule has 5 heteroatoms. The molecule has 0 atom stereocenters. The highest BCUT2D eigenvalue weighted by molar-refractivity contribution is 7.94. The van der Waals surface area contributed by atoms with Crippen LogP contribution in [0.25, 0.3) is 0 Å². The Morgan fingerprint density at radius 1 is 1.27 bits per heavy atom. The van der Waals surface area contributed by atoms with Gasteiger partial charge in [-0.3, -0.25) is 0 Å². The van der Waals surface area contributed by atoms with Gasteiger partial charge >= 0.3 is 5.97 Å². The second kappa shape index (κ2) is 6.78. The molecule has 0 bridgehead atoms. The van der Waals surface area contributed by atoms with E-state index >= 15 is 0 Å². The van der Waals surface area contributed by atoms with E-state index in [0.29, 0.717) is 0 Å². The Morgan fingerprint density at radius 3 is 2.40 bits per heavy atom.